The van der Waals surface area contributed by atoms with Gasteiger partial charge < -0.3 is 10.1 Å². The van der Waals surface area contributed by atoms with E-state index in [1.54, 1.807) is 0 Å². The van der Waals surface area contributed by atoms with E-state index in [0.29, 0.717) is 18.1 Å². The summed E-state index contributed by atoms with van der Waals surface area (Å²) >= 11 is 0. The summed E-state index contributed by atoms with van der Waals surface area (Å²) < 4.78 is 6.48. The van der Waals surface area contributed by atoms with Gasteiger partial charge in [-0.15, -0.1) is 0 Å². The molecular formula is C21H21N5O3. The molecule has 29 heavy (non-hydrogen) atoms. The van der Waals surface area contributed by atoms with Crippen molar-refractivity contribution < 1.29 is 14.3 Å². The molecule has 1 aliphatic heterocycles. The summed E-state index contributed by atoms with van der Waals surface area (Å²) in [5, 5.41) is 7.63. The number of ether oxygens (including phenoxy) is 1. The lowest BCUT2D eigenvalue weighted by Crippen LogP contribution is -2.26. The zero-order valence-corrected chi connectivity index (χ0v) is 16.5. The molecule has 4 rings (SSSR count). The molecule has 8 nitrogen and oxygen atoms in total. The standard InChI is InChI=1S/C21H21N5O3/c1-12-5-4-6-14(7-12)11-26-20-19(13(2)25-26)15(8-18(27)24-20)16-9-23-17(10-22-16)21(28)29-3/h4-7,9-10,15H,8,11H2,1-3H3,(H,24,27). The topological polar surface area (TPSA) is 99.0 Å². The van der Waals surface area contributed by atoms with Crippen LogP contribution in [0.4, 0.5) is 5.82 Å². The second kappa shape index (κ2) is 7.46. The predicted octanol–water partition coefficient (Wildman–Crippen LogP) is 2.60. The van der Waals surface area contributed by atoms with E-state index in [0.717, 1.165) is 16.8 Å². The number of fused-ring (bicyclic) bond motifs is 1. The first-order valence-electron chi connectivity index (χ1n) is 9.29. The Hall–Kier alpha value is -3.55. The van der Waals surface area contributed by atoms with E-state index in [4.69, 9.17) is 0 Å². The summed E-state index contributed by atoms with van der Waals surface area (Å²) in [5.41, 5.74) is 4.78. The van der Waals surface area contributed by atoms with Crippen LogP contribution in [0.5, 0.6) is 0 Å². The second-order valence-corrected chi connectivity index (χ2v) is 7.12. The second-order valence-electron chi connectivity index (χ2n) is 7.12. The van der Waals surface area contributed by atoms with E-state index in [9.17, 15) is 9.59 Å². The molecule has 0 aliphatic carbocycles. The Kier molecular flexibility index (Phi) is 4.84. The minimum Gasteiger partial charge on any atom is -0.464 e. The molecule has 1 unspecified atom stereocenters. The average molecular weight is 391 g/mol. The molecule has 2 aromatic heterocycles. The number of rotatable bonds is 4. The largest absolute Gasteiger partial charge is 0.464 e. The lowest BCUT2D eigenvalue weighted by atomic mass is 9.89. The third-order valence-electron chi connectivity index (χ3n) is 5.01. The molecule has 3 aromatic rings. The number of esters is 1. The van der Waals surface area contributed by atoms with Crippen LogP contribution in [-0.4, -0.2) is 38.7 Å². The van der Waals surface area contributed by atoms with Crippen LogP contribution in [-0.2, 0) is 16.1 Å². The van der Waals surface area contributed by atoms with Gasteiger partial charge in [0.15, 0.2) is 5.69 Å². The van der Waals surface area contributed by atoms with E-state index in [2.05, 4.69) is 31.2 Å². The average Bonchev–Trinajstić information content (AvgIpc) is 3.02. The van der Waals surface area contributed by atoms with Gasteiger partial charge in [0.2, 0.25) is 5.91 Å². The number of aryl methyl sites for hydroxylation is 2. The lowest BCUT2D eigenvalue weighted by Gasteiger charge is -2.23. The summed E-state index contributed by atoms with van der Waals surface area (Å²) in [5.74, 6) is -0.242. The maximum Gasteiger partial charge on any atom is 0.358 e. The van der Waals surface area contributed by atoms with Crippen LogP contribution < -0.4 is 5.32 Å². The van der Waals surface area contributed by atoms with Crippen LogP contribution in [0.1, 0.15) is 50.9 Å². The van der Waals surface area contributed by atoms with Crippen molar-refractivity contribution in [2.24, 2.45) is 0 Å². The van der Waals surface area contributed by atoms with Gasteiger partial charge in [0.1, 0.15) is 5.82 Å². The van der Waals surface area contributed by atoms with Crippen molar-refractivity contribution in [1.29, 1.82) is 0 Å². The van der Waals surface area contributed by atoms with E-state index in [1.165, 1.54) is 25.1 Å². The number of hydrogen-bond donors (Lipinski definition) is 1. The highest BCUT2D eigenvalue weighted by molar-refractivity contribution is 5.94. The smallest absolute Gasteiger partial charge is 0.358 e. The molecule has 1 atom stereocenters. The maximum atomic E-state index is 12.4. The van der Waals surface area contributed by atoms with Gasteiger partial charge in [-0.1, -0.05) is 29.8 Å². The molecule has 1 amide bonds. The third kappa shape index (κ3) is 3.61. The van der Waals surface area contributed by atoms with Crippen LogP contribution in [0.3, 0.4) is 0 Å². The molecule has 0 saturated heterocycles. The molecule has 1 aliphatic rings. The van der Waals surface area contributed by atoms with Crippen molar-refractivity contribution in [1.82, 2.24) is 19.7 Å². The first-order valence-corrected chi connectivity index (χ1v) is 9.29. The SMILES string of the molecule is COC(=O)c1cnc(C2CC(=O)Nc3c2c(C)nn3Cc2cccc(C)c2)cn1. The normalized spacial score (nSPS) is 15.6. The third-order valence-corrected chi connectivity index (χ3v) is 5.01. The van der Waals surface area contributed by atoms with Gasteiger partial charge in [0, 0.05) is 17.9 Å². The quantitative estimate of drug-likeness (QED) is 0.687. The van der Waals surface area contributed by atoms with Crippen LogP contribution in [0.25, 0.3) is 0 Å². The van der Waals surface area contributed by atoms with Gasteiger partial charge in [0.25, 0.3) is 0 Å². The Morgan fingerprint density at radius 2 is 2.10 bits per heavy atom. The molecule has 0 radical (unpaired) electrons. The molecule has 8 heteroatoms. The highest BCUT2D eigenvalue weighted by Crippen LogP contribution is 2.38. The van der Waals surface area contributed by atoms with Crippen molar-refractivity contribution in [3.05, 3.63) is 70.4 Å². The van der Waals surface area contributed by atoms with Crippen LogP contribution in [0.2, 0.25) is 0 Å². The zero-order chi connectivity index (χ0) is 20.5. The van der Waals surface area contributed by atoms with Gasteiger partial charge in [-0.2, -0.15) is 5.10 Å². The molecule has 0 spiro atoms. The monoisotopic (exact) mass is 391 g/mol. The Bertz CT molecular complexity index is 1090. The maximum absolute atomic E-state index is 12.4. The summed E-state index contributed by atoms with van der Waals surface area (Å²) in [6.45, 7) is 4.52. The number of aromatic nitrogens is 4. The van der Waals surface area contributed by atoms with Crippen LogP contribution in [0, 0.1) is 13.8 Å². The van der Waals surface area contributed by atoms with Crippen molar-refractivity contribution in [3.8, 4) is 0 Å². The molecule has 0 bridgehead atoms. The van der Waals surface area contributed by atoms with Gasteiger partial charge in [-0.25, -0.2) is 14.5 Å². The summed E-state index contributed by atoms with van der Waals surface area (Å²) in [6.07, 6.45) is 3.15. The van der Waals surface area contributed by atoms with Gasteiger partial charge in [0.05, 0.1) is 37.4 Å². The number of benzene rings is 1. The zero-order valence-electron chi connectivity index (χ0n) is 16.5. The van der Waals surface area contributed by atoms with Gasteiger partial charge >= 0.3 is 5.97 Å². The molecule has 0 saturated carbocycles. The molecule has 148 valence electrons. The summed E-state index contributed by atoms with van der Waals surface area (Å²) in [4.78, 5) is 32.5. The van der Waals surface area contributed by atoms with Crippen molar-refractivity contribution in [2.45, 2.75) is 32.7 Å². The van der Waals surface area contributed by atoms with E-state index in [1.807, 2.05) is 36.7 Å². The Balaban J connectivity index is 1.71. The van der Waals surface area contributed by atoms with Crippen molar-refractivity contribution in [3.63, 3.8) is 0 Å². The Morgan fingerprint density at radius 3 is 2.79 bits per heavy atom. The van der Waals surface area contributed by atoms with Gasteiger partial charge in [-0.05, 0) is 19.4 Å². The Morgan fingerprint density at radius 1 is 1.28 bits per heavy atom. The number of hydrogen-bond acceptors (Lipinski definition) is 6. The van der Waals surface area contributed by atoms with Gasteiger partial charge in [-0.3, -0.25) is 9.78 Å². The van der Waals surface area contributed by atoms with Crippen molar-refractivity contribution >= 4 is 17.7 Å². The number of amides is 1. The number of anilines is 1. The molecule has 3 heterocycles. The minimum atomic E-state index is -0.548. The number of methoxy groups -OCH3 is 1. The number of carbonyl (C=O) groups excluding carboxylic acids is 2. The molecular weight excluding hydrogens is 370 g/mol. The van der Waals surface area contributed by atoms with Crippen molar-refractivity contribution in [2.75, 3.05) is 12.4 Å². The Labute approximate surface area is 167 Å². The lowest BCUT2D eigenvalue weighted by molar-refractivity contribution is -0.116. The van der Waals surface area contributed by atoms with Crippen LogP contribution in [0.15, 0.2) is 36.7 Å². The van der Waals surface area contributed by atoms with E-state index >= 15 is 0 Å². The van der Waals surface area contributed by atoms with E-state index < -0.39 is 5.97 Å². The van der Waals surface area contributed by atoms with Crippen LogP contribution >= 0.6 is 0 Å². The summed E-state index contributed by atoms with van der Waals surface area (Å²) in [6, 6.07) is 8.19. The molecule has 1 N–H and O–H groups in total. The highest BCUT2D eigenvalue weighted by Gasteiger charge is 2.33. The summed E-state index contributed by atoms with van der Waals surface area (Å²) in [7, 11) is 1.29. The first kappa shape index (κ1) is 18.8. The number of carbonyl (C=O) groups is 2. The fourth-order valence-electron chi connectivity index (χ4n) is 3.69. The minimum absolute atomic E-state index is 0.105. The molecule has 1 aromatic carbocycles. The van der Waals surface area contributed by atoms with E-state index in [-0.39, 0.29) is 23.9 Å². The fourth-order valence-corrected chi connectivity index (χ4v) is 3.69. The molecule has 0 fully saturated rings. The first-order chi connectivity index (χ1) is 14.0. The number of nitrogens with zero attached hydrogens (tertiary/aromatic N) is 4. The number of nitrogens with one attached hydrogen (secondary N) is 1. The highest BCUT2D eigenvalue weighted by atomic mass is 16.5. The predicted molar refractivity (Wildman–Crippen MR) is 106 cm³/mol. The fraction of sp³-hybridized carbons (Fsp3) is 0.286.